The molecule has 0 saturated carbocycles. The van der Waals surface area contributed by atoms with Crippen molar-refractivity contribution in [3.63, 3.8) is 0 Å². The number of hydrogen-bond donors (Lipinski definition) is 1. The van der Waals surface area contributed by atoms with Gasteiger partial charge < -0.3 is 9.67 Å². The highest BCUT2D eigenvalue weighted by molar-refractivity contribution is 7.70. The largest absolute Gasteiger partial charge is 0.480 e. The first kappa shape index (κ1) is 16.9. The van der Waals surface area contributed by atoms with Crippen molar-refractivity contribution in [2.45, 2.75) is 24.9 Å². The van der Waals surface area contributed by atoms with Crippen LogP contribution < -0.4 is 5.30 Å². The molecule has 0 bridgehead atoms. The molecule has 24 heavy (non-hydrogen) atoms. The normalized spacial score (nSPS) is 19.3. The molecule has 0 amide bonds. The fourth-order valence-electron chi connectivity index (χ4n) is 3.42. The molecule has 0 aliphatic carbocycles. The van der Waals surface area contributed by atoms with Crippen LogP contribution in [0.5, 0.6) is 0 Å². The molecule has 2 unspecified atom stereocenters. The summed E-state index contributed by atoms with van der Waals surface area (Å²) in [4.78, 5) is 12.2. The minimum Gasteiger partial charge on any atom is -0.480 e. The summed E-state index contributed by atoms with van der Waals surface area (Å²) < 4.78 is 16.2. The molecule has 2 aromatic rings. The van der Waals surface area contributed by atoms with Crippen LogP contribution in [0.15, 0.2) is 60.7 Å². The summed E-state index contributed by atoms with van der Waals surface area (Å²) in [5.74, 6) is -1.03. The highest BCUT2D eigenvalue weighted by Gasteiger charge is 2.45. The molecule has 4 nitrogen and oxygen atoms in total. The van der Waals surface area contributed by atoms with Crippen molar-refractivity contribution in [1.29, 1.82) is 0 Å². The second kappa shape index (κ2) is 7.33. The number of carboxylic acid groups (broad SMARTS) is 1. The number of benzene rings is 2. The van der Waals surface area contributed by atoms with Crippen LogP contribution in [0.3, 0.4) is 0 Å². The van der Waals surface area contributed by atoms with E-state index in [0.717, 1.165) is 19.3 Å². The Labute approximate surface area is 142 Å². The van der Waals surface area contributed by atoms with Crippen molar-refractivity contribution in [3.05, 3.63) is 66.2 Å². The first-order valence-corrected chi connectivity index (χ1v) is 10.1. The molecule has 1 aliphatic rings. The van der Waals surface area contributed by atoms with Crippen LogP contribution in [0, 0.1) is 0 Å². The van der Waals surface area contributed by atoms with Gasteiger partial charge in [-0.15, -0.1) is 0 Å². The molecule has 1 aliphatic heterocycles. The Kier molecular flexibility index (Phi) is 5.17. The number of carbonyl (C=O) groups is 1. The minimum absolute atomic E-state index is 0.600. The quantitative estimate of drug-likeness (QED) is 0.837. The molecule has 126 valence electrons. The molecule has 1 N–H and O–H groups in total. The van der Waals surface area contributed by atoms with Gasteiger partial charge in [-0.05, 0) is 18.4 Å². The summed E-state index contributed by atoms with van der Waals surface area (Å²) in [7, 11) is -3.30. The molecule has 1 fully saturated rings. The zero-order valence-corrected chi connectivity index (χ0v) is 14.4. The zero-order chi connectivity index (χ0) is 17.0. The number of carboxylic acids is 1. The van der Waals surface area contributed by atoms with Gasteiger partial charge in [-0.25, -0.2) is 4.67 Å². The Morgan fingerprint density at radius 1 is 0.917 bits per heavy atom. The van der Waals surface area contributed by atoms with Crippen molar-refractivity contribution in [2.75, 3.05) is 13.1 Å². The van der Waals surface area contributed by atoms with Gasteiger partial charge in [0, 0.05) is 18.4 Å². The fourth-order valence-corrected chi connectivity index (χ4v) is 6.72. The summed E-state index contributed by atoms with van der Waals surface area (Å²) in [6, 6.07) is 18.1. The third-order valence-corrected chi connectivity index (χ3v) is 8.08. The number of aliphatic carboxylic acids is 1. The van der Waals surface area contributed by atoms with E-state index < -0.39 is 18.9 Å². The van der Waals surface area contributed by atoms with Crippen LogP contribution in [0.1, 0.15) is 30.5 Å². The Balaban J connectivity index is 2.15. The number of hydrogen-bond acceptors (Lipinski definition) is 2. The molecule has 1 saturated heterocycles. The lowest BCUT2D eigenvalue weighted by Gasteiger charge is -2.38. The third kappa shape index (κ3) is 3.17. The summed E-state index contributed by atoms with van der Waals surface area (Å²) in [6.45, 7) is 1.37. The van der Waals surface area contributed by atoms with Gasteiger partial charge in [-0.1, -0.05) is 67.1 Å². The molecule has 2 aromatic carbocycles. The van der Waals surface area contributed by atoms with Crippen LogP contribution in [-0.2, 0) is 9.36 Å². The number of nitrogens with zero attached hydrogens (tertiary/aromatic N) is 1. The van der Waals surface area contributed by atoms with Gasteiger partial charge in [0.2, 0.25) is 0 Å². The molecule has 2 atom stereocenters. The van der Waals surface area contributed by atoms with Gasteiger partial charge in [-0.3, -0.25) is 4.79 Å². The Morgan fingerprint density at radius 3 is 2.00 bits per heavy atom. The second-order valence-electron chi connectivity index (χ2n) is 6.12. The zero-order valence-electron chi connectivity index (χ0n) is 13.5. The topological polar surface area (TPSA) is 57.6 Å². The Hall–Kier alpha value is -1.90. The Morgan fingerprint density at radius 2 is 1.46 bits per heavy atom. The number of rotatable bonds is 5. The van der Waals surface area contributed by atoms with Gasteiger partial charge in [0.1, 0.15) is 0 Å². The van der Waals surface area contributed by atoms with E-state index in [9.17, 15) is 14.5 Å². The first-order valence-electron chi connectivity index (χ1n) is 8.32. The van der Waals surface area contributed by atoms with E-state index in [1.807, 2.05) is 28.9 Å². The lowest BCUT2D eigenvalue weighted by atomic mass is 10.1. The highest BCUT2D eigenvalue weighted by Crippen LogP contribution is 2.61. The average Bonchev–Trinajstić information content (AvgIpc) is 2.64. The molecule has 1 heterocycles. The molecule has 0 spiro atoms. The van der Waals surface area contributed by atoms with E-state index in [1.54, 1.807) is 36.4 Å². The summed E-state index contributed by atoms with van der Waals surface area (Å²) >= 11 is 0. The van der Waals surface area contributed by atoms with Crippen LogP contribution in [0.2, 0.25) is 0 Å². The van der Waals surface area contributed by atoms with Gasteiger partial charge in [0.15, 0.2) is 13.0 Å². The fraction of sp³-hybridized carbons (Fsp3) is 0.316. The standard InChI is InChI=1S/C19H22NO3P/c21-19(22)18(16-10-4-1-5-11-16)24(23,17-12-6-2-7-13-17)20-14-8-3-9-15-20/h1-2,4-7,10-13,18H,3,8-9,14-15H2,(H,21,22). The third-order valence-electron chi connectivity index (χ3n) is 4.58. The van der Waals surface area contributed by atoms with Crippen molar-refractivity contribution >= 4 is 18.6 Å². The average molecular weight is 343 g/mol. The Bertz CT molecular complexity index is 727. The van der Waals surface area contributed by atoms with E-state index in [2.05, 4.69) is 0 Å². The SMILES string of the molecule is O=C(O)C(c1ccccc1)P(=O)(c1ccccc1)N1CCCCC1. The van der Waals surface area contributed by atoms with Crippen LogP contribution in [0.4, 0.5) is 0 Å². The maximum absolute atomic E-state index is 14.3. The van der Waals surface area contributed by atoms with Crippen molar-refractivity contribution in [1.82, 2.24) is 4.67 Å². The van der Waals surface area contributed by atoms with E-state index in [0.29, 0.717) is 24.0 Å². The van der Waals surface area contributed by atoms with E-state index >= 15 is 0 Å². The first-order chi connectivity index (χ1) is 11.6. The minimum atomic E-state index is -3.30. The maximum Gasteiger partial charge on any atom is 0.320 e. The van der Waals surface area contributed by atoms with Crippen molar-refractivity contribution in [2.24, 2.45) is 0 Å². The number of piperidine rings is 1. The molecular weight excluding hydrogens is 321 g/mol. The lowest BCUT2D eigenvalue weighted by Crippen LogP contribution is -2.35. The smallest absolute Gasteiger partial charge is 0.320 e. The van der Waals surface area contributed by atoms with Gasteiger partial charge in [-0.2, -0.15) is 0 Å². The molecule has 0 aromatic heterocycles. The van der Waals surface area contributed by atoms with Crippen LogP contribution >= 0.6 is 7.29 Å². The van der Waals surface area contributed by atoms with Crippen molar-refractivity contribution in [3.8, 4) is 0 Å². The van der Waals surface area contributed by atoms with Gasteiger partial charge >= 0.3 is 5.97 Å². The van der Waals surface area contributed by atoms with Gasteiger partial charge in [0.05, 0.1) is 0 Å². The van der Waals surface area contributed by atoms with E-state index in [-0.39, 0.29) is 0 Å². The van der Waals surface area contributed by atoms with E-state index in [4.69, 9.17) is 0 Å². The molecule has 3 rings (SSSR count). The predicted octanol–water partition coefficient (Wildman–Crippen LogP) is 3.90. The van der Waals surface area contributed by atoms with Crippen LogP contribution in [-0.4, -0.2) is 28.8 Å². The summed E-state index contributed by atoms with van der Waals surface area (Å²) in [5.41, 5.74) is -0.443. The molecular formula is C19H22NO3P. The lowest BCUT2D eigenvalue weighted by molar-refractivity contribution is -0.136. The van der Waals surface area contributed by atoms with Crippen molar-refractivity contribution < 1.29 is 14.5 Å². The van der Waals surface area contributed by atoms with Gasteiger partial charge in [0.25, 0.3) is 0 Å². The maximum atomic E-state index is 14.3. The van der Waals surface area contributed by atoms with E-state index in [1.165, 1.54) is 0 Å². The second-order valence-corrected chi connectivity index (χ2v) is 8.97. The highest BCUT2D eigenvalue weighted by atomic mass is 31.2. The monoisotopic (exact) mass is 343 g/mol. The summed E-state index contributed by atoms with van der Waals surface area (Å²) in [6.07, 6.45) is 3.02. The molecule has 0 radical (unpaired) electrons. The predicted molar refractivity (Wildman–Crippen MR) is 95.9 cm³/mol. The molecule has 5 heteroatoms. The summed E-state index contributed by atoms with van der Waals surface area (Å²) in [5, 5.41) is 10.6. The van der Waals surface area contributed by atoms with Crippen LogP contribution in [0.25, 0.3) is 0 Å².